The molecule has 0 aliphatic carbocycles. The van der Waals surface area contributed by atoms with E-state index in [-0.39, 0.29) is 35.5 Å². The Labute approximate surface area is 206 Å². The van der Waals surface area contributed by atoms with Crippen molar-refractivity contribution in [2.75, 3.05) is 30.5 Å². The van der Waals surface area contributed by atoms with E-state index in [0.717, 1.165) is 11.3 Å². The second-order valence-electron chi connectivity index (χ2n) is 9.76. The summed E-state index contributed by atoms with van der Waals surface area (Å²) in [6, 6.07) is 16.5. The molecule has 1 N–H and O–H groups in total. The van der Waals surface area contributed by atoms with Gasteiger partial charge in [0.25, 0.3) is 5.91 Å². The van der Waals surface area contributed by atoms with Crippen LogP contribution in [-0.2, 0) is 20.0 Å². The van der Waals surface area contributed by atoms with Crippen LogP contribution in [0.2, 0.25) is 0 Å². The molecule has 1 saturated heterocycles. The van der Waals surface area contributed by atoms with Gasteiger partial charge in [-0.2, -0.15) is 5.10 Å². The van der Waals surface area contributed by atoms with Crippen LogP contribution in [0.4, 0.5) is 5.82 Å². The molecular formula is C26H31N3O5S. The topological polar surface area (TPSA) is 99.5 Å². The summed E-state index contributed by atoms with van der Waals surface area (Å²) >= 11 is 0. The number of aromatic nitrogens is 2. The molecule has 0 spiro atoms. The van der Waals surface area contributed by atoms with Crippen LogP contribution in [0.5, 0.6) is 11.5 Å². The molecule has 0 radical (unpaired) electrons. The number of carbonyl (C=O) groups excluding carboxylic acids is 1. The van der Waals surface area contributed by atoms with E-state index >= 15 is 0 Å². The van der Waals surface area contributed by atoms with Crippen molar-refractivity contribution in [3.05, 3.63) is 60.2 Å². The van der Waals surface area contributed by atoms with Crippen LogP contribution in [0.25, 0.3) is 11.3 Å². The average Bonchev–Trinajstić information content (AvgIpc) is 3.40. The number of rotatable bonds is 7. The lowest BCUT2D eigenvalue weighted by atomic mass is 9.87. The number of ether oxygens (including phenoxy) is 2. The Morgan fingerprint density at radius 1 is 1.09 bits per heavy atom. The number of amides is 1. The summed E-state index contributed by atoms with van der Waals surface area (Å²) in [5.74, 6) is 1.51. The van der Waals surface area contributed by atoms with Crippen molar-refractivity contribution in [1.29, 1.82) is 0 Å². The lowest BCUT2D eigenvalue weighted by Gasteiger charge is -2.19. The molecule has 1 aliphatic rings. The van der Waals surface area contributed by atoms with Gasteiger partial charge in [0.05, 0.1) is 30.4 Å². The van der Waals surface area contributed by atoms with Gasteiger partial charge in [0, 0.05) is 11.6 Å². The summed E-state index contributed by atoms with van der Waals surface area (Å²) in [7, 11) is -1.53. The van der Waals surface area contributed by atoms with E-state index in [1.54, 1.807) is 17.9 Å². The highest BCUT2D eigenvalue weighted by atomic mass is 32.2. The fourth-order valence-electron chi connectivity index (χ4n) is 4.02. The molecule has 1 amide bonds. The van der Waals surface area contributed by atoms with Crippen molar-refractivity contribution in [3.8, 4) is 22.8 Å². The highest BCUT2D eigenvalue weighted by molar-refractivity contribution is 7.91. The predicted molar refractivity (Wildman–Crippen MR) is 136 cm³/mol. The molecule has 1 fully saturated rings. The minimum atomic E-state index is -3.13. The maximum atomic E-state index is 12.7. The first-order chi connectivity index (χ1) is 16.5. The van der Waals surface area contributed by atoms with Gasteiger partial charge in [-0.25, -0.2) is 13.1 Å². The van der Waals surface area contributed by atoms with Crippen LogP contribution in [0.15, 0.2) is 54.6 Å². The zero-order valence-electron chi connectivity index (χ0n) is 20.4. The molecule has 3 aromatic rings. The Morgan fingerprint density at radius 2 is 1.74 bits per heavy atom. The number of methoxy groups -OCH3 is 1. The molecule has 1 aliphatic heterocycles. The van der Waals surface area contributed by atoms with Gasteiger partial charge < -0.3 is 14.8 Å². The molecule has 0 bridgehead atoms. The van der Waals surface area contributed by atoms with E-state index in [4.69, 9.17) is 9.47 Å². The second kappa shape index (κ2) is 9.73. The van der Waals surface area contributed by atoms with Crippen LogP contribution in [0.3, 0.4) is 0 Å². The van der Waals surface area contributed by atoms with E-state index in [9.17, 15) is 13.2 Å². The smallest absolute Gasteiger partial charge is 0.263 e. The van der Waals surface area contributed by atoms with Crippen molar-refractivity contribution in [2.45, 2.75) is 38.6 Å². The average molecular weight is 498 g/mol. The van der Waals surface area contributed by atoms with Crippen LogP contribution in [-0.4, -0.2) is 49.3 Å². The third kappa shape index (κ3) is 6.03. The van der Waals surface area contributed by atoms with E-state index < -0.39 is 9.84 Å². The molecule has 0 saturated carbocycles. The lowest BCUT2D eigenvalue weighted by Crippen LogP contribution is -2.23. The van der Waals surface area contributed by atoms with Crippen molar-refractivity contribution >= 4 is 21.6 Å². The van der Waals surface area contributed by atoms with Crippen LogP contribution in [0.1, 0.15) is 38.8 Å². The molecule has 1 aromatic heterocycles. The molecule has 2 aromatic carbocycles. The SMILES string of the molecule is COc1ccc(-c2cc(NC(=O)COc3ccc(C(C)(C)C)cc3)n([C@@H]3CCS(=O)(=O)C3)n2)cc1. The molecule has 1 atom stereocenters. The highest BCUT2D eigenvalue weighted by Crippen LogP contribution is 2.31. The van der Waals surface area contributed by atoms with Crippen LogP contribution in [0, 0.1) is 0 Å². The number of anilines is 1. The summed E-state index contributed by atoms with van der Waals surface area (Å²) in [5, 5.41) is 7.49. The maximum Gasteiger partial charge on any atom is 0.263 e. The van der Waals surface area contributed by atoms with Crippen molar-refractivity contribution < 1.29 is 22.7 Å². The van der Waals surface area contributed by atoms with E-state index in [0.29, 0.717) is 23.7 Å². The molecule has 8 nitrogen and oxygen atoms in total. The number of sulfone groups is 1. The Bertz CT molecular complexity index is 1290. The Hall–Kier alpha value is -3.33. The molecular weight excluding hydrogens is 466 g/mol. The van der Waals surface area contributed by atoms with Crippen LogP contribution >= 0.6 is 0 Å². The van der Waals surface area contributed by atoms with Crippen LogP contribution < -0.4 is 14.8 Å². The van der Waals surface area contributed by atoms with Gasteiger partial charge in [-0.05, 0) is 53.8 Å². The standard InChI is InChI=1S/C26H31N3O5S/c1-26(2,3)19-7-11-22(12-8-19)34-16-25(30)27-24-15-23(18-5-9-21(33-4)10-6-18)28-29(24)20-13-14-35(31,32)17-20/h5-12,15,20H,13-14,16-17H2,1-4H3,(H,27,30)/t20-/m1/s1. The normalized spacial score (nSPS) is 17.2. The second-order valence-corrected chi connectivity index (χ2v) is 12.0. The number of hydrogen-bond donors (Lipinski definition) is 1. The van der Waals surface area contributed by atoms with Gasteiger partial charge in [-0.15, -0.1) is 0 Å². The zero-order valence-corrected chi connectivity index (χ0v) is 21.3. The molecule has 9 heteroatoms. The van der Waals surface area contributed by atoms with Gasteiger partial charge in [0.2, 0.25) is 0 Å². The maximum absolute atomic E-state index is 12.7. The molecule has 35 heavy (non-hydrogen) atoms. The Kier molecular flexibility index (Phi) is 6.89. The highest BCUT2D eigenvalue weighted by Gasteiger charge is 2.32. The quantitative estimate of drug-likeness (QED) is 0.524. The van der Waals surface area contributed by atoms with Gasteiger partial charge in [-0.3, -0.25) is 4.79 Å². The summed E-state index contributed by atoms with van der Waals surface area (Å²) < 4.78 is 36.7. The zero-order chi connectivity index (χ0) is 25.2. The number of nitrogens with one attached hydrogen (secondary N) is 1. The Balaban J connectivity index is 1.50. The first-order valence-electron chi connectivity index (χ1n) is 11.5. The van der Waals surface area contributed by atoms with E-state index in [1.807, 2.05) is 48.5 Å². The fraction of sp³-hybridized carbons (Fsp3) is 0.385. The number of benzene rings is 2. The van der Waals surface area contributed by atoms with Gasteiger partial charge >= 0.3 is 0 Å². The molecule has 2 heterocycles. The van der Waals surface area contributed by atoms with Gasteiger partial charge in [0.15, 0.2) is 16.4 Å². The number of carbonyl (C=O) groups is 1. The van der Waals surface area contributed by atoms with Crippen molar-refractivity contribution in [1.82, 2.24) is 9.78 Å². The van der Waals surface area contributed by atoms with E-state index in [1.165, 1.54) is 5.56 Å². The Morgan fingerprint density at radius 3 is 2.31 bits per heavy atom. The van der Waals surface area contributed by atoms with Gasteiger partial charge in [-0.1, -0.05) is 32.9 Å². The monoisotopic (exact) mass is 497 g/mol. The van der Waals surface area contributed by atoms with E-state index in [2.05, 4.69) is 31.2 Å². The third-order valence-corrected chi connectivity index (χ3v) is 7.78. The summed E-state index contributed by atoms with van der Waals surface area (Å²) in [6.07, 6.45) is 0.450. The van der Waals surface area contributed by atoms with Crippen molar-refractivity contribution in [3.63, 3.8) is 0 Å². The van der Waals surface area contributed by atoms with Crippen molar-refractivity contribution in [2.24, 2.45) is 0 Å². The fourth-order valence-corrected chi connectivity index (χ4v) is 5.71. The summed E-state index contributed by atoms with van der Waals surface area (Å²) in [4.78, 5) is 12.7. The minimum absolute atomic E-state index is 0.00374. The number of hydrogen-bond acceptors (Lipinski definition) is 6. The third-order valence-electron chi connectivity index (χ3n) is 6.03. The molecule has 0 unspecified atom stereocenters. The number of nitrogens with zero attached hydrogens (tertiary/aromatic N) is 2. The molecule has 186 valence electrons. The van der Waals surface area contributed by atoms with Gasteiger partial charge in [0.1, 0.15) is 17.3 Å². The summed E-state index contributed by atoms with van der Waals surface area (Å²) in [6.45, 7) is 6.22. The molecule has 4 rings (SSSR count). The largest absolute Gasteiger partial charge is 0.497 e. The first kappa shape index (κ1) is 24.8. The minimum Gasteiger partial charge on any atom is -0.497 e. The summed E-state index contributed by atoms with van der Waals surface area (Å²) in [5.41, 5.74) is 2.67. The lowest BCUT2D eigenvalue weighted by molar-refractivity contribution is -0.118. The predicted octanol–water partition coefficient (Wildman–Crippen LogP) is 4.23. The first-order valence-corrected chi connectivity index (χ1v) is 13.3.